The SMILES string of the molecule is C#C[C@@H](O)CCCC(=O)OCC. The van der Waals surface area contributed by atoms with Crippen LogP contribution in [0.5, 0.6) is 0 Å². The van der Waals surface area contributed by atoms with Gasteiger partial charge in [-0.1, -0.05) is 5.92 Å². The van der Waals surface area contributed by atoms with Crippen molar-refractivity contribution in [3.8, 4) is 12.3 Å². The Kier molecular flexibility index (Phi) is 6.12. The fourth-order valence-electron chi connectivity index (χ4n) is 0.756. The summed E-state index contributed by atoms with van der Waals surface area (Å²) in [6.07, 6.45) is 5.55. The minimum absolute atomic E-state index is 0.235. The number of aliphatic hydroxyl groups excluding tert-OH is 1. The molecule has 12 heavy (non-hydrogen) atoms. The molecule has 0 aromatic heterocycles. The summed E-state index contributed by atoms with van der Waals surface area (Å²) in [6.45, 7) is 2.16. The highest BCUT2D eigenvalue weighted by Gasteiger charge is 2.03. The third-order valence-corrected chi connectivity index (χ3v) is 1.36. The predicted octanol–water partition coefficient (Wildman–Crippen LogP) is 0.714. The number of hydrogen-bond donors (Lipinski definition) is 1. The highest BCUT2D eigenvalue weighted by Crippen LogP contribution is 2.01. The quantitative estimate of drug-likeness (QED) is 0.488. The van der Waals surface area contributed by atoms with Crippen LogP contribution in [0.2, 0.25) is 0 Å². The van der Waals surface area contributed by atoms with Crippen molar-refractivity contribution in [2.75, 3.05) is 6.61 Å². The van der Waals surface area contributed by atoms with Gasteiger partial charge in [0, 0.05) is 6.42 Å². The number of hydrogen-bond acceptors (Lipinski definition) is 3. The molecule has 0 aliphatic carbocycles. The first-order valence-corrected chi connectivity index (χ1v) is 4.00. The van der Waals surface area contributed by atoms with Gasteiger partial charge in [-0.25, -0.2) is 0 Å². The van der Waals surface area contributed by atoms with Crippen LogP contribution in [-0.2, 0) is 9.53 Å². The summed E-state index contributed by atoms with van der Waals surface area (Å²) in [5, 5.41) is 8.91. The van der Waals surface area contributed by atoms with Crippen LogP contribution in [0.15, 0.2) is 0 Å². The Morgan fingerprint density at radius 2 is 2.42 bits per heavy atom. The zero-order valence-electron chi connectivity index (χ0n) is 7.25. The number of carbonyl (C=O) groups excluding carboxylic acids is 1. The second-order valence-corrected chi connectivity index (χ2v) is 2.38. The molecule has 3 heteroatoms. The lowest BCUT2D eigenvalue weighted by Gasteiger charge is -2.02. The van der Waals surface area contributed by atoms with Gasteiger partial charge in [0.1, 0.15) is 6.10 Å². The number of esters is 1. The second kappa shape index (κ2) is 6.68. The van der Waals surface area contributed by atoms with E-state index in [1.807, 2.05) is 0 Å². The third kappa shape index (κ3) is 5.75. The monoisotopic (exact) mass is 170 g/mol. The Hall–Kier alpha value is -1.01. The summed E-state index contributed by atoms with van der Waals surface area (Å²) < 4.78 is 4.69. The Bertz CT molecular complexity index is 169. The molecule has 0 radical (unpaired) electrons. The van der Waals surface area contributed by atoms with Gasteiger partial charge in [-0.15, -0.1) is 6.42 Å². The lowest BCUT2D eigenvalue weighted by Crippen LogP contribution is -2.07. The molecular weight excluding hydrogens is 156 g/mol. The van der Waals surface area contributed by atoms with E-state index < -0.39 is 6.10 Å². The average molecular weight is 170 g/mol. The molecule has 3 nitrogen and oxygen atoms in total. The fourth-order valence-corrected chi connectivity index (χ4v) is 0.756. The topological polar surface area (TPSA) is 46.5 Å². The van der Waals surface area contributed by atoms with Crippen molar-refractivity contribution in [1.29, 1.82) is 0 Å². The molecule has 0 aliphatic heterocycles. The molecule has 0 bridgehead atoms. The summed E-state index contributed by atoms with van der Waals surface area (Å²) >= 11 is 0. The van der Waals surface area contributed by atoms with Crippen LogP contribution in [0, 0.1) is 12.3 Å². The van der Waals surface area contributed by atoms with Crippen LogP contribution in [0.1, 0.15) is 26.2 Å². The fraction of sp³-hybridized carbons (Fsp3) is 0.667. The highest BCUT2D eigenvalue weighted by atomic mass is 16.5. The molecule has 1 N–H and O–H groups in total. The number of ether oxygens (including phenoxy) is 1. The predicted molar refractivity (Wildman–Crippen MR) is 45.3 cm³/mol. The largest absolute Gasteiger partial charge is 0.466 e. The van der Waals surface area contributed by atoms with Crippen LogP contribution >= 0.6 is 0 Å². The van der Waals surface area contributed by atoms with Gasteiger partial charge in [0.05, 0.1) is 6.61 Å². The standard InChI is InChI=1S/C9H14O3/c1-3-8(10)6-5-7-9(11)12-4-2/h1,8,10H,4-7H2,2H3/t8-/m1/s1. The van der Waals surface area contributed by atoms with Crippen molar-refractivity contribution in [2.24, 2.45) is 0 Å². The molecule has 0 fully saturated rings. The molecule has 0 amide bonds. The van der Waals surface area contributed by atoms with Crippen LogP contribution in [0.3, 0.4) is 0 Å². The minimum Gasteiger partial charge on any atom is -0.466 e. The first-order chi connectivity index (χ1) is 5.70. The van der Waals surface area contributed by atoms with Gasteiger partial charge in [0.25, 0.3) is 0 Å². The maximum atomic E-state index is 10.8. The summed E-state index contributed by atoms with van der Waals surface area (Å²) in [6, 6.07) is 0. The molecule has 0 spiro atoms. The summed E-state index contributed by atoms with van der Waals surface area (Å²) in [4.78, 5) is 10.8. The zero-order chi connectivity index (χ0) is 9.40. The van der Waals surface area contributed by atoms with E-state index in [1.165, 1.54) is 0 Å². The van der Waals surface area contributed by atoms with Crippen molar-refractivity contribution in [3.05, 3.63) is 0 Å². The van der Waals surface area contributed by atoms with Gasteiger partial charge in [0.2, 0.25) is 0 Å². The first kappa shape index (κ1) is 11.0. The molecule has 68 valence electrons. The van der Waals surface area contributed by atoms with Crippen LogP contribution in [0.25, 0.3) is 0 Å². The molecule has 0 aliphatic rings. The molecule has 0 saturated heterocycles. The number of rotatable bonds is 5. The third-order valence-electron chi connectivity index (χ3n) is 1.36. The Labute approximate surface area is 72.7 Å². The molecule has 0 heterocycles. The number of carbonyl (C=O) groups is 1. The minimum atomic E-state index is -0.737. The summed E-state index contributed by atoms with van der Waals surface area (Å²) in [7, 11) is 0. The highest BCUT2D eigenvalue weighted by molar-refractivity contribution is 5.69. The Morgan fingerprint density at radius 1 is 1.75 bits per heavy atom. The number of aliphatic hydroxyl groups is 1. The first-order valence-electron chi connectivity index (χ1n) is 4.00. The maximum absolute atomic E-state index is 10.8. The molecule has 1 atom stereocenters. The van der Waals surface area contributed by atoms with E-state index in [4.69, 9.17) is 11.5 Å². The molecular formula is C9H14O3. The van der Waals surface area contributed by atoms with Gasteiger partial charge in [-0.2, -0.15) is 0 Å². The Morgan fingerprint density at radius 3 is 2.92 bits per heavy atom. The molecule has 0 aromatic carbocycles. The van der Waals surface area contributed by atoms with Gasteiger partial charge in [-0.3, -0.25) is 4.79 Å². The van der Waals surface area contributed by atoms with Crippen molar-refractivity contribution in [1.82, 2.24) is 0 Å². The van der Waals surface area contributed by atoms with Crippen molar-refractivity contribution in [2.45, 2.75) is 32.3 Å². The maximum Gasteiger partial charge on any atom is 0.305 e. The summed E-state index contributed by atoms with van der Waals surface area (Å²) in [5.41, 5.74) is 0. The molecule has 0 unspecified atom stereocenters. The van der Waals surface area contributed by atoms with Crippen LogP contribution in [-0.4, -0.2) is 23.8 Å². The van der Waals surface area contributed by atoms with E-state index in [0.29, 0.717) is 25.9 Å². The molecule has 0 rings (SSSR count). The van der Waals surface area contributed by atoms with Crippen LogP contribution in [0.4, 0.5) is 0 Å². The van der Waals surface area contributed by atoms with E-state index in [9.17, 15) is 4.79 Å². The lowest BCUT2D eigenvalue weighted by atomic mass is 10.1. The van der Waals surface area contributed by atoms with Crippen molar-refractivity contribution in [3.63, 3.8) is 0 Å². The van der Waals surface area contributed by atoms with Gasteiger partial charge in [-0.05, 0) is 19.8 Å². The second-order valence-electron chi connectivity index (χ2n) is 2.38. The summed E-state index contributed by atoms with van der Waals surface area (Å²) in [5.74, 6) is 1.94. The lowest BCUT2D eigenvalue weighted by molar-refractivity contribution is -0.143. The van der Waals surface area contributed by atoms with Gasteiger partial charge < -0.3 is 9.84 Å². The van der Waals surface area contributed by atoms with E-state index in [1.54, 1.807) is 6.92 Å². The van der Waals surface area contributed by atoms with Crippen molar-refractivity contribution < 1.29 is 14.6 Å². The smallest absolute Gasteiger partial charge is 0.305 e. The zero-order valence-corrected chi connectivity index (χ0v) is 7.25. The van der Waals surface area contributed by atoms with E-state index in [0.717, 1.165) is 0 Å². The van der Waals surface area contributed by atoms with Crippen LogP contribution < -0.4 is 0 Å². The van der Waals surface area contributed by atoms with Gasteiger partial charge in [0.15, 0.2) is 0 Å². The number of terminal acetylenes is 1. The molecule has 0 saturated carbocycles. The van der Waals surface area contributed by atoms with E-state index in [-0.39, 0.29) is 5.97 Å². The normalized spacial score (nSPS) is 11.8. The van der Waals surface area contributed by atoms with E-state index >= 15 is 0 Å². The average Bonchev–Trinajstić information content (AvgIpc) is 2.04. The molecule has 0 aromatic rings. The van der Waals surface area contributed by atoms with Gasteiger partial charge >= 0.3 is 5.97 Å². The Balaban J connectivity index is 3.32. The van der Waals surface area contributed by atoms with Crippen molar-refractivity contribution >= 4 is 5.97 Å². The van der Waals surface area contributed by atoms with E-state index in [2.05, 4.69) is 10.7 Å².